The lowest BCUT2D eigenvalue weighted by Gasteiger charge is -2.36. The second-order valence-corrected chi connectivity index (χ2v) is 9.28. The highest BCUT2D eigenvalue weighted by molar-refractivity contribution is 5.88. The number of amides is 1. The topological polar surface area (TPSA) is 115 Å². The third-order valence-corrected chi connectivity index (χ3v) is 7.12. The van der Waals surface area contributed by atoms with Gasteiger partial charge in [-0.1, -0.05) is 25.3 Å². The van der Waals surface area contributed by atoms with E-state index in [4.69, 9.17) is 15.2 Å². The molecule has 3 N–H and O–H groups in total. The van der Waals surface area contributed by atoms with Crippen molar-refractivity contribution < 1.29 is 18.7 Å². The summed E-state index contributed by atoms with van der Waals surface area (Å²) in [5, 5.41) is 17.2. The Kier molecular flexibility index (Phi) is 6.51. The van der Waals surface area contributed by atoms with E-state index in [0.717, 1.165) is 37.7 Å². The smallest absolute Gasteiger partial charge is 0.231 e. The van der Waals surface area contributed by atoms with Crippen LogP contribution in [0.4, 0.5) is 10.2 Å². The fraction of sp³-hybridized carbons (Fsp3) is 0.370. The molecule has 1 amide bonds. The van der Waals surface area contributed by atoms with Crippen molar-refractivity contribution in [1.82, 2.24) is 15.1 Å². The van der Waals surface area contributed by atoms with Gasteiger partial charge in [0.1, 0.15) is 23.3 Å². The number of rotatable bonds is 7. The standard InChI is InChI=1S/C27H28FN5O3/c28-19-7-9-20(10-8-19)33-25(30)21(16-29)22(32-33)5-4-14-31-26(34)27(12-2-1-3-13-27)18-6-11-23-24(15-18)36-17-35-23/h6-11,15H,1-5,12-14,17,30H2,(H,31,34). The summed E-state index contributed by atoms with van der Waals surface area (Å²) in [6.07, 6.45) is 5.75. The molecule has 1 fully saturated rings. The summed E-state index contributed by atoms with van der Waals surface area (Å²) in [6.45, 7) is 0.642. The van der Waals surface area contributed by atoms with Crippen LogP contribution >= 0.6 is 0 Å². The van der Waals surface area contributed by atoms with E-state index in [1.54, 1.807) is 12.1 Å². The lowest BCUT2D eigenvalue weighted by atomic mass is 9.68. The van der Waals surface area contributed by atoms with E-state index < -0.39 is 5.41 Å². The van der Waals surface area contributed by atoms with Gasteiger partial charge in [-0.15, -0.1) is 0 Å². The summed E-state index contributed by atoms with van der Waals surface area (Å²) in [5.41, 5.74) is 7.95. The molecule has 1 aromatic heterocycles. The Morgan fingerprint density at radius 2 is 1.89 bits per heavy atom. The number of carbonyl (C=O) groups excluding carboxylic acids is 1. The molecule has 0 bridgehead atoms. The number of nitrogens with one attached hydrogen (secondary N) is 1. The molecule has 0 spiro atoms. The quantitative estimate of drug-likeness (QED) is 0.482. The highest BCUT2D eigenvalue weighted by atomic mass is 19.1. The molecule has 2 aliphatic rings. The molecule has 0 unspecified atom stereocenters. The number of nitrogens with zero attached hydrogens (tertiary/aromatic N) is 3. The molecule has 1 aliphatic carbocycles. The van der Waals surface area contributed by atoms with E-state index in [-0.39, 0.29) is 24.3 Å². The maximum atomic E-state index is 13.5. The zero-order valence-corrected chi connectivity index (χ0v) is 19.9. The highest BCUT2D eigenvalue weighted by Gasteiger charge is 2.41. The van der Waals surface area contributed by atoms with Crippen LogP contribution in [0.3, 0.4) is 0 Å². The van der Waals surface area contributed by atoms with Crippen molar-refractivity contribution in [1.29, 1.82) is 5.26 Å². The Bertz CT molecular complexity index is 1310. The number of halogens is 1. The van der Waals surface area contributed by atoms with Gasteiger partial charge in [-0.25, -0.2) is 9.07 Å². The van der Waals surface area contributed by atoms with Crippen molar-refractivity contribution in [2.24, 2.45) is 0 Å². The Morgan fingerprint density at radius 1 is 1.14 bits per heavy atom. The summed E-state index contributed by atoms with van der Waals surface area (Å²) in [7, 11) is 0. The number of fused-ring (bicyclic) bond motifs is 1. The van der Waals surface area contributed by atoms with Gasteiger partial charge in [0.05, 0.1) is 16.8 Å². The molecule has 2 aromatic carbocycles. The maximum absolute atomic E-state index is 13.5. The van der Waals surface area contributed by atoms with Gasteiger partial charge in [-0.2, -0.15) is 10.4 Å². The molecule has 1 saturated carbocycles. The van der Waals surface area contributed by atoms with E-state index >= 15 is 0 Å². The van der Waals surface area contributed by atoms with Crippen molar-refractivity contribution >= 4 is 11.7 Å². The summed E-state index contributed by atoms with van der Waals surface area (Å²) in [5.74, 6) is 1.25. The molecule has 1 aliphatic heterocycles. The van der Waals surface area contributed by atoms with Crippen LogP contribution in [-0.2, 0) is 16.6 Å². The van der Waals surface area contributed by atoms with Crippen molar-refractivity contribution in [3.63, 3.8) is 0 Å². The summed E-state index contributed by atoms with van der Waals surface area (Å²) in [6, 6.07) is 13.7. The van der Waals surface area contributed by atoms with Crippen molar-refractivity contribution in [3.8, 4) is 23.3 Å². The van der Waals surface area contributed by atoms with Gasteiger partial charge in [0.2, 0.25) is 12.7 Å². The largest absolute Gasteiger partial charge is 0.454 e. The van der Waals surface area contributed by atoms with Gasteiger partial charge < -0.3 is 20.5 Å². The first-order chi connectivity index (χ1) is 17.5. The number of anilines is 1. The number of nitriles is 1. The SMILES string of the molecule is N#Cc1c(CCCNC(=O)C2(c3ccc4c(c3)OCO4)CCCCC2)nn(-c2ccc(F)cc2)c1N. The van der Waals surface area contributed by atoms with E-state index in [1.165, 1.54) is 16.8 Å². The Labute approximate surface area is 208 Å². The molecule has 0 saturated heterocycles. The van der Waals surface area contributed by atoms with Crippen LogP contribution in [0.5, 0.6) is 11.5 Å². The number of hydrogen-bond acceptors (Lipinski definition) is 6. The summed E-state index contributed by atoms with van der Waals surface area (Å²) in [4.78, 5) is 13.5. The first kappa shape index (κ1) is 23.7. The molecule has 5 rings (SSSR count). The molecule has 0 atom stereocenters. The molecule has 36 heavy (non-hydrogen) atoms. The second-order valence-electron chi connectivity index (χ2n) is 9.28. The van der Waals surface area contributed by atoms with Crippen LogP contribution in [0.25, 0.3) is 5.69 Å². The molecule has 186 valence electrons. The van der Waals surface area contributed by atoms with Crippen LogP contribution in [0.2, 0.25) is 0 Å². The van der Waals surface area contributed by atoms with Crippen molar-refractivity contribution in [2.45, 2.75) is 50.4 Å². The Hall–Kier alpha value is -4.06. The van der Waals surface area contributed by atoms with Crippen LogP contribution < -0.4 is 20.5 Å². The summed E-state index contributed by atoms with van der Waals surface area (Å²) < 4.78 is 25.7. The van der Waals surface area contributed by atoms with Crippen molar-refractivity contribution in [2.75, 3.05) is 19.1 Å². The average Bonchev–Trinajstić information content (AvgIpc) is 3.50. The predicted molar refractivity (Wildman–Crippen MR) is 131 cm³/mol. The van der Waals surface area contributed by atoms with Crippen LogP contribution in [-0.4, -0.2) is 29.0 Å². The zero-order valence-electron chi connectivity index (χ0n) is 19.9. The Balaban J connectivity index is 1.27. The van der Waals surface area contributed by atoms with Crippen LogP contribution in [0, 0.1) is 17.1 Å². The minimum atomic E-state index is -0.592. The number of nitrogen functional groups attached to an aromatic ring is 1. The van der Waals surface area contributed by atoms with E-state index in [9.17, 15) is 14.4 Å². The molecule has 2 heterocycles. The molecular formula is C27H28FN5O3. The van der Waals surface area contributed by atoms with Gasteiger partial charge in [-0.3, -0.25) is 4.79 Å². The number of aryl methyl sites for hydroxylation is 1. The number of benzene rings is 2. The third-order valence-electron chi connectivity index (χ3n) is 7.12. The maximum Gasteiger partial charge on any atom is 0.231 e. The van der Waals surface area contributed by atoms with Crippen molar-refractivity contribution in [3.05, 3.63) is 65.1 Å². The second kappa shape index (κ2) is 9.90. The number of aromatic nitrogens is 2. The van der Waals surface area contributed by atoms with E-state index in [1.807, 2.05) is 18.2 Å². The number of carbonyl (C=O) groups is 1. The predicted octanol–water partition coefficient (Wildman–Crippen LogP) is 4.14. The summed E-state index contributed by atoms with van der Waals surface area (Å²) >= 11 is 0. The lowest BCUT2D eigenvalue weighted by molar-refractivity contribution is -0.128. The van der Waals surface area contributed by atoms with Crippen LogP contribution in [0.1, 0.15) is 55.3 Å². The van der Waals surface area contributed by atoms with E-state index in [0.29, 0.717) is 47.8 Å². The van der Waals surface area contributed by atoms with Gasteiger partial charge in [0.25, 0.3) is 0 Å². The monoisotopic (exact) mass is 489 g/mol. The number of nitrogens with two attached hydrogens (primary N) is 1. The normalized spacial score (nSPS) is 15.9. The fourth-order valence-electron chi connectivity index (χ4n) is 5.18. The number of hydrogen-bond donors (Lipinski definition) is 2. The molecule has 9 heteroatoms. The molecule has 8 nitrogen and oxygen atoms in total. The van der Waals surface area contributed by atoms with Gasteiger partial charge >= 0.3 is 0 Å². The molecular weight excluding hydrogens is 461 g/mol. The van der Waals surface area contributed by atoms with Gasteiger partial charge in [-0.05, 0) is 67.6 Å². The number of ether oxygens (including phenoxy) is 2. The fourth-order valence-corrected chi connectivity index (χ4v) is 5.18. The molecule has 0 radical (unpaired) electrons. The first-order valence-corrected chi connectivity index (χ1v) is 12.2. The first-order valence-electron chi connectivity index (χ1n) is 12.2. The van der Waals surface area contributed by atoms with Gasteiger partial charge in [0.15, 0.2) is 11.5 Å². The minimum Gasteiger partial charge on any atom is -0.454 e. The lowest BCUT2D eigenvalue weighted by Crippen LogP contribution is -2.46. The van der Waals surface area contributed by atoms with Gasteiger partial charge in [0, 0.05) is 6.54 Å². The van der Waals surface area contributed by atoms with E-state index in [2.05, 4.69) is 16.5 Å². The third kappa shape index (κ3) is 4.35. The highest BCUT2D eigenvalue weighted by Crippen LogP contribution is 2.43. The van der Waals surface area contributed by atoms with Crippen LogP contribution in [0.15, 0.2) is 42.5 Å². The minimum absolute atomic E-state index is 0.0120. The average molecular weight is 490 g/mol. The zero-order chi connectivity index (χ0) is 25.1. The molecule has 3 aromatic rings. The Morgan fingerprint density at radius 3 is 2.64 bits per heavy atom.